The highest BCUT2D eigenvalue weighted by atomic mass is 127. The Balaban J connectivity index is 2.11. The number of halogens is 5. The highest BCUT2D eigenvalue weighted by molar-refractivity contribution is 14.1. The number of carbonyl (C=O) groups excluding carboxylic acids is 1. The Hall–Kier alpha value is 0.520. The number of carbonyl (C=O) groups is 1. The summed E-state index contributed by atoms with van der Waals surface area (Å²) in [7, 11) is -4.59. The van der Waals surface area contributed by atoms with Gasteiger partial charge in [-0.3, -0.25) is 0 Å². The summed E-state index contributed by atoms with van der Waals surface area (Å²) in [5.41, 5.74) is 0. The summed E-state index contributed by atoms with van der Waals surface area (Å²) < 4.78 is 46.7. The minimum Gasteiger partial charge on any atom is -0.744 e. The van der Waals surface area contributed by atoms with Crippen molar-refractivity contribution in [3.8, 4) is 11.5 Å². The summed E-state index contributed by atoms with van der Waals surface area (Å²) in [4.78, 5) is 11.7. The zero-order chi connectivity index (χ0) is 19.6. The van der Waals surface area contributed by atoms with Crippen molar-refractivity contribution in [2.75, 3.05) is 6.61 Å². The predicted molar refractivity (Wildman–Crippen MR) is 121 cm³/mol. The Morgan fingerprint density at radius 3 is 2.00 bits per heavy atom. The van der Waals surface area contributed by atoms with E-state index in [1.54, 1.807) is 57.3 Å². The van der Waals surface area contributed by atoms with E-state index in [0.29, 0.717) is 14.7 Å². The van der Waals surface area contributed by atoms with Gasteiger partial charge in [-0.15, -0.1) is 0 Å². The first-order valence-corrected chi connectivity index (χ1v) is 12.4. The Morgan fingerprint density at radius 1 is 1.04 bits per heavy atom. The molecule has 0 unspecified atom stereocenters. The van der Waals surface area contributed by atoms with Crippen molar-refractivity contribution in [3.05, 3.63) is 44.8 Å². The predicted octanol–water partition coefficient (Wildman–Crippen LogP) is 5.07. The van der Waals surface area contributed by atoms with E-state index in [9.17, 15) is 17.8 Å². The van der Waals surface area contributed by atoms with Gasteiger partial charge >= 0.3 is 5.97 Å². The molecule has 2 aromatic rings. The summed E-state index contributed by atoms with van der Waals surface area (Å²) in [5, 5.41) is 0. The van der Waals surface area contributed by atoms with Crippen LogP contribution in [0.2, 0.25) is 0 Å². The Labute approximate surface area is 201 Å². The number of rotatable bonds is 5. The molecular formula is C14H6Br3I2O6S-. The van der Waals surface area contributed by atoms with Crippen LogP contribution in [0.3, 0.4) is 0 Å². The smallest absolute Gasteiger partial charge is 0.349 e. The molecular weight excluding hydrogens is 790 g/mol. The summed E-state index contributed by atoms with van der Waals surface area (Å²) in [5.74, 6) is -0.102. The minimum atomic E-state index is -4.59. The van der Waals surface area contributed by atoms with Gasteiger partial charge in [-0.2, -0.15) is 0 Å². The summed E-state index contributed by atoms with van der Waals surface area (Å²) in [6.07, 6.45) is 0. The van der Waals surface area contributed by atoms with Crippen molar-refractivity contribution in [3.63, 3.8) is 0 Å². The van der Waals surface area contributed by atoms with Crippen LogP contribution in [0.5, 0.6) is 11.5 Å². The fraction of sp³-hybridized carbons (Fsp3) is 0.0714. The van der Waals surface area contributed by atoms with Crippen LogP contribution in [-0.2, 0) is 14.9 Å². The van der Waals surface area contributed by atoms with Crippen molar-refractivity contribution in [2.45, 2.75) is 4.90 Å². The van der Waals surface area contributed by atoms with Crippen LogP contribution >= 0.6 is 93.0 Å². The quantitative estimate of drug-likeness (QED) is 0.182. The van der Waals surface area contributed by atoms with E-state index in [4.69, 9.17) is 9.47 Å². The molecule has 0 spiro atoms. The second kappa shape index (κ2) is 9.35. The number of ether oxygens (including phenoxy) is 2. The number of benzene rings is 2. The Bertz CT molecular complexity index is 935. The largest absolute Gasteiger partial charge is 0.744 e. The summed E-state index contributed by atoms with van der Waals surface area (Å²) >= 11 is 13.4. The molecule has 12 heteroatoms. The molecule has 0 amide bonds. The summed E-state index contributed by atoms with van der Waals surface area (Å²) in [6.45, 7) is -0.398. The van der Waals surface area contributed by atoms with Crippen LogP contribution in [0, 0.1) is 7.14 Å². The van der Waals surface area contributed by atoms with Crippen molar-refractivity contribution in [1.82, 2.24) is 0 Å². The molecule has 0 aliphatic heterocycles. The highest BCUT2D eigenvalue weighted by Crippen LogP contribution is 2.36. The molecule has 0 bridgehead atoms. The average Bonchev–Trinajstić information content (AvgIpc) is 2.46. The van der Waals surface area contributed by atoms with E-state index in [-0.39, 0.29) is 17.8 Å². The van der Waals surface area contributed by atoms with Gasteiger partial charge in [-0.25, -0.2) is 13.2 Å². The van der Waals surface area contributed by atoms with Crippen LogP contribution in [0.1, 0.15) is 0 Å². The zero-order valence-corrected chi connectivity index (χ0v) is 22.2. The molecule has 0 aliphatic rings. The van der Waals surface area contributed by atoms with Gasteiger partial charge in [0.25, 0.3) is 0 Å². The van der Waals surface area contributed by atoms with E-state index in [0.717, 1.165) is 4.47 Å². The zero-order valence-electron chi connectivity index (χ0n) is 12.3. The van der Waals surface area contributed by atoms with Crippen molar-refractivity contribution >= 4 is 109 Å². The molecule has 2 rings (SSSR count). The van der Waals surface area contributed by atoms with E-state index in [1.165, 1.54) is 12.1 Å². The van der Waals surface area contributed by atoms with Gasteiger partial charge in [0.05, 0.1) is 13.8 Å². The maximum Gasteiger partial charge on any atom is 0.349 e. The van der Waals surface area contributed by atoms with Crippen molar-refractivity contribution < 1.29 is 27.2 Å². The molecule has 2 aromatic carbocycles. The lowest BCUT2D eigenvalue weighted by molar-refractivity contribution is -0.136. The SMILES string of the molecule is O=C(COc1cc(I)c(S(=O)(=O)[O-])c(I)c1)Oc1c(Br)cc(Br)cc1Br. The third-order valence-corrected chi connectivity index (χ3v) is 7.77. The first-order chi connectivity index (χ1) is 12.0. The van der Waals surface area contributed by atoms with Gasteiger partial charge in [0, 0.05) is 11.6 Å². The van der Waals surface area contributed by atoms with Gasteiger partial charge in [0.1, 0.15) is 15.9 Å². The number of hydrogen-bond donors (Lipinski definition) is 0. The van der Waals surface area contributed by atoms with Crippen LogP contribution in [0.25, 0.3) is 0 Å². The minimum absolute atomic E-state index is 0.214. The second-order valence-corrected chi connectivity index (χ2v) is 10.9. The Morgan fingerprint density at radius 2 is 1.54 bits per heavy atom. The molecule has 0 atom stereocenters. The maximum absolute atomic E-state index is 12.0. The van der Waals surface area contributed by atoms with Gasteiger partial charge in [0.2, 0.25) is 0 Å². The fourth-order valence-electron chi connectivity index (χ4n) is 1.77. The second-order valence-electron chi connectivity index (χ2n) is 4.63. The third-order valence-electron chi connectivity index (χ3n) is 2.76. The lowest BCUT2D eigenvalue weighted by atomic mass is 10.3. The molecule has 0 fully saturated rings. The standard InChI is InChI=1S/C14H7Br3I2O6S/c15-6-1-8(16)13(9(17)2-6)25-12(20)5-24-7-3-10(18)14(11(19)4-7)26(21,22)23/h1-4H,5H2,(H,21,22,23)/p-1. The molecule has 26 heavy (non-hydrogen) atoms. The molecule has 0 N–H and O–H groups in total. The average molecular weight is 796 g/mol. The van der Waals surface area contributed by atoms with Crippen LogP contribution < -0.4 is 9.47 Å². The normalized spacial score (nSPS) is 11.3. The lowest BCUT2D eigenvalue weighted by Crippen LogP contribution is -2.18. The first-order valence-electron chi connectivity index (χ1n) is 6.42. The third kappa shape index (κ3) is 6.01. The Kier molecular flexibility index (Phi) is 8.20. The summed E-state index contributed by atoms with van der Waals surface area (Å²) in [6, 6.07) is 6.18. The van der Waals surface area contributed by atoms with Crippen LogP contribution in [0.15, 0.2) is 42.6 Å². The van der Waals surface area contributed by atoms with Gasteiger partial charge in [0.15, 0.2) is 12.4 Å². The molecule has 0 aliphatic carbocycles. The molecule has 0 saturated carbocycles. The van der Waals surface area contributed by atoms with Crippen LogP contribution in [0.4, 0.5) is 0 Å². The number of esters is 1. The van der Waals surface area contributed by atoms with Gasteiger partial charge in [-0.1, -0.05) is 15.9 Å². The molecule has 0 saturated heterocycles. The van der Waals surface area contributed by atoms with E-state index >= 15 is 0 Å². The molecule has 140 valence electrons. The molecule has 6 nitrogen and oxygen atoms in total. The van der Waals surface area contributed by atoms with E-state index < -0.39 is 22.7 Å². The lowest BCUT2D eigenvalue weighted by Gasteiger charge is -2.14. The van der Waals surface area contributed by atoms with Gasteiger partial charge in [-0.05, 0) is 101 Å². The highest BCUT2D eigenvalue weighted by Gasteiger charge is 2.16. The molecule has 0 heterocycles. The van der Waals surface area contributed by atoms with E-state index in [1.807, 2.05) is 0 Å². The molecule has 0 radical (unpaired) electrons. The fourth-order valence-corrected chi connectivity index (χ4v) is 8.12. The monoisotopic (exact) mass is 793 g/mol. The van der Waals surface area contributed by atoms with Crippen molar-refractivity contribution in [1.29, 1.82) is 0 Å². The topological polar surface area (TPSA) is 92.7 Å². The first kappa shape index (κ1) is 22.8. The van der Waals surface area contributed by atoms with Gasteiger partial charge < -0.3 is 14.0 Å². The van der Waals surface area contributed by atoms with Crippen LogP contribution in [-0.4, -0.2) is 25.5 Å². The van der Waals surface area contributed by atoms with E-state index in [2.05, 4.69) is 47.8 Å². The number of hydrogen-bond acceptors (Lipinski definition) is 6. The van der Waals surface area contributed by atoms with Crippen molar-refractivity contribution in [2.24, 2.45) is 0 Å². The maximum atomic E-state index is 12.0. The molecule has 0 aromatic heterocycles.